The second-order valence-corrected chi connectivity index (χ2v) is 9.59. The molecule has 20 heavy (non-hydrogen) atoms. The van der Waals surface area contributed by atoms with Crippen LogP contribution in [0.3, 0.4) is 0 Å². The molecule has 2 N–H and O–H groups in total. The maximum atomic E-state index is 12.4. The van der Waals surface area contributed by atoms with Crippen molar-refractivity contribution in [1.82, 2.24) is 4.90 Å². The lowest BCUT2D eigenvalue weighted by atomic mass is 9.79. The number of carbonyl (C=O) groups is 1. The minimum Gasteiger partial charge on any atom is -0.342 e. The average molecular weight is 302 g/mol. The van der Waals surface area contributed by atoms with Gasteiger partial charge >= 0.3 is 0 Å². The van der Waals surface area contributed by atoms with Crippen molar-refractivity contribution < 1.29 is 13.2 Å². The second kappa shape index (κ2) is 4.98. The Morgan fingerprint density at radius 2 is 1.95 bits per heavy atom. The first-order valence-corrected chi connectivity index (χ1v) is 9.30. The number of amides is 1. The number of nitrogens with zero attached hydrogens (tertiary/aromatic N) is 1. The summed E-state index contributed by atoms with van der Waals surface area (Å²) in [4.78, 5) is 14.3. The van der Waals surface area contributed by atoms with E-state index in [1.165, 1.54) is 6.26 Å². The number of nitrogens with two attached hydrogens (primary N) is 1. The summed E-state index contributed by atoms with van der Waals surface area (Å²) in [6.07, 6.45) is 4.13. The van der Waals surface area contributed by atoms with Crippen molar-refractivity contribution in [3.63, 3.8) is 0 Å². The zero-order valence-electron chi connectivity index (χ0n) is 12.7. The van der Waals surface area contributed by atoms with Crippen molar-refractivity contribution in [2.24, 2.45) is 16.6 Å². The summed E-state index contributed by atoms with van der Waals surface area (Å²) in [6.45, 7) is 5.53. The number of hydrogen-bond donors (Lipinski definition) is 1. The molecule has 6 heteroatoms. The van der Waals surface area contributed by atoms with Gasteiger partial charge < -0.3 is 10.6 Å². The molecule has 0 bridgehead atoms. The van der Waals surface area contributed by atoms with Crippen LogP contribution in [-0.2, 0) is 14.6 Å². The number of rotatable bonds is 4. The molecule has 0 aromatic heterocycles. The third-order valence-corrected chi connectivity index (χ3v) is 5.85. The highest BCUT2D eigenvalue weighted by molar-refractivity contribution is 7.90. The van der Waals surface area contributed by atoms with Gasteiger partial charge in [0.05, 0.1) is 5.75 Å². The molecular weight excluding hydrogens is 276 g/mol. The molecule has 2 fully saturated rings. The molecule has 5 nitrogen and oxygen atoms in total. The zero-order chi connectivity index (χ0) is 15.2. The molecular formula is C14H26N2O3S. The normalized spacial score (nSPS) is 28.2. The van der Waals surface area contributed by atoms with E-state index in [4.69, 9.17) is 5.73 Å². The lowest BCUT2D eigenvalue weighted by Gasteiger charge is -2.43. The van der Waals surface area contributed by atoms with Crippen LogP contribution in [0.2, 0.25) is 0 Å². The monoisotopic (exact) mass is 302 g/mol. The molecule has 1 heterocycles. The average Bonchev–Trinajstić information content (AvgIpc) is 2.98. The van der Waals surface area contributed by atoms with Crippen molar-refractivity contribution in [2.45, 2.75) is 45.6 Å². The predicted molar refractivity (Wildman–Crippen MR) is 78.9 cm³/mol. The fourth-order valence-corrected chi connectivity index (χ4v) is 4.63. The number of piperidine rings is 1. The Bertz CT molecular complexity index is 495. The van der Waals surface area contributed by atoms with Gasteiger partial charge in [-0.15, -0.1) is 0 Å². The van der Waals surface area contributed by atoms with Crippen molar-refractivity contribution >= 4 is 15.7 Å². The second-order valence-electron chi connectivity index (χ2n) is 7.45. The van der Waals surface area contributed by atoms with Crippen LogP contribution < -0.4 is 5.73 Å². The van der Waals surface area contributed by atoms with E-state index in [1.54, 1.807) is 0 Å². The molecule has 0 aromatic rings. The topological polar surface area (TPSA) is 80.5 Å². The number of hydrogen-bond acceptors (Lipinski definition) is 4. The summed E-state index contributed by atoms with van der Waals surface area (Å²) in [5, 5.41) is 0. The van der Waals surface area contributed by atoms with E-state index >= 15 is 0 Å². The zero-order valence-corrected chi connectivity index (χ0v) is 13.5. The summed E-state index contributed by atoms with van der Waals surface area (Å²) in [5.41, 5.74) is 5.73. The minimum atomic E-state index is -3.02. The Labute approximate surface area is 121 Å². The highest BCUT2D eigenvalue weighted by atomic mass is 32.2. The van der Waals surface area contributed by atoms with E-state index in [1.807, 2.05) is 4.90 Å². The third-order valence-electron chi connectivity index (χ3n) is 4.72. The Morgan fingerprint density at radius 1 is 1.35 bits per heavy atom. The fraction of sp³-hybridized carbons (Fsp3) is 0.929. The minimum absolute atomic E-state index is 0.0680. The van der Waals surface area contributed by atoms with Gasteiger partial charge in [0.1, 0.15) is 9.84 Å². The van der Waals surface area contributed by atoms with Gasteiger partial charge in [0.25, 0.3) is 0 Å². The van der Waals surface area contributed by atoms with Crippen LogP contribution in [-0.4, -0.2) is 50.4 Å². The summed E-state index contributed by atoms with van der Waals surface area (Å²) in [5.74, 6) is 0.230. The lowest BCUT2D eigenvalue weighted by Crippen LogP contribution is -2.54. The summed E-state index contributed by atoms with van der Waals surface area (Å²) in [6, 6.07) is 0.123. The van der Waals surface area contributed by atoms with Gasteiger partial charge in [-0.25, -0.2) is 8.42 Å². The summed E-state index contributed by atoms with van der Waals surface area (Å²) >= 11 is 0. The molecule has 0 aromatic carbocycles. The Hall–Kier alpha value is -0.620. The molecule has 1 aliphatic heterocycles. The van der Waals surface area contributed by atoms with Crippen LogP contribution in [0.15, 0.2) is 0 Å². The maximum absolute atomic E-state index is 12.4. The maximum Gasteiger partial charge on any atom is 0.223 e. The van der Waals surface area contributed by atoms with Crippen LogP contribution in [0.25, 0.3) is 0 Å². The Morgan fingerprint density at radius 3 is 2.40 bits per heavy atom. The van der Waals surface area contributed by atoms with E-state index in [2.05, 4.69) is 13.8 Å². The van der Waals surface area contributed by atoms with Crippen LogP contribution >= 0.6 is 0 Å². The molecule has 0 spiro atoms. The summed E-state index contributed by atoms with van der Waals surface area (Å²) < 4.78 is 22.9. The fourth-order valence-electron chi connectivity index (χ4n) is 3.12. The molecule has 1 aliphatic carbocycles. The molecule has 1 unspecified atom stereocenters. The van der Waals surface area contributed by atoms with Crippen LogP contribution in [0, 0.1) is 10.8 Å². The van der Waals surface area contributed by atoms with Crippen LogP contribution in [0.1, 0.15) is 39.5 Å². The first kappa shape index (κ1) is 15.8. The number of sulfone groups is 1. The van der Waals surface area contributed by atoms with Crippen molar-refractivity contribution in [3.05, 3.63) is 0 Å². The quantitative estimate of drug-likeness (QED) is 0.832. The Balaban J connectivity index is 1.96. The van der Waals surface area contributed by atoms with Gasteiger partial charge in [0, 0.05) is 31.8 Å². The Kier molecular flexibility index (Phi) is 3.93. The number of carbonyl (C=O) groups excluding carboxylic acids is 1. The van der Waals surface area contributed by atoms with Gasteiger partial charge in [-0.05, 0) is 30.1 Å². The number of likely N-dealkylation sites (tertiary alicyclic amines) is 1. The van der Waals surface area contributed by atoms with E-state index in [9.17, 15) is 13.2 Å². The van der Waals surface area contributed by atoms with Crippen molar-refractivity contribution in [3.8, 4) is 0 Å². The first-order chi connectivity index (χ1) is 9.03. The van der Waals surface area contributed by atoms with E-state index < -0.39 is 9.84 Å². The van der Waals surface area contributed by atoms with Crippen LogP contribution in [0.4, 0.5) is 0 Å². The van der Waals surface area contributed by atoms with E-state index in [0.717, 1.165) is 19.3 Å². The highest BCUT2D eigenvalue weighted by Crippen LogP contribution is 2.50. The van der Waals surface area contributed by atoms with E-state index in [-0.39, 0.29) is 28.5 Å². The van der Waals surface area contributed by atoms with Gasteiger partial charge in [-0.2, -0.15) is 0 Å². The van der Waals surface area contributed by atoms with Gasteiger partial charge in [0.2, 0.25) is 5.91 Å². The van der Waals surface area contributed by atoms with Gasteiger partial charge in [0.15, 0.2) is 0 Å². The molecule has 1 atom stereocenters. The molecule has 116 valence electrons. The standard InChI is InChI=1S/C14H26N2O3S/c1-13(2)9-16(7-4-11(13)15)12(17)8-14(5-6-14)10-20(3,18)19/h11H,4-10,15H2,1-3H3. The van der Waals surface area contributed by atoms with Crippen molar-refractivity contribution in [1.29, 1.82) is 0 Å². The third kappa shape index (κ3) is 3.73. The molecule has 2 aliphatic rings. The van der Waals surface area contributed by atoms with E-state index in [0.29, 0.717) is 19.5 Å². The van der Waals surface area contributed by atoms with Crippen molar-refractivity contribution in [2.75, 3.05) is 25.1 Å². The van der Waals surface area contributed by atoms with Gasteiger partial charge in [-0.1, -0.05) is 13.8 Å². The molecule has 2 rings (SSSR count). The molecule has 0 radical (unpaired) electrons. The van der Waals surface area contributed by atoms with Crippen LogP contribution in [0.5, 0.6) is 0 Å². The largest absolute Gasteiger partial charge is 0.342 e. The highest BCUT2D eigenvalue weighted by Gasteiger charge is 2.48. The van der Waals surface area contributed by atoms with Gasteiger partial charge in [-0.3, -0.25) is 4.79 Å². The first-order valence-electron chi connectivity index (χ1n) is 7.24. The molecule has 1 saturated carbocycles. The smallest absolute Gasteiger partial charge is 0.223 e. The summed E-state index contributed by atoms with van der Waals surface area (Å²) in [7, 11) is -3.02. The predicted octanol–water partition coefficient (Wildman–Crippen LogP) is 0.787. The lowest BCUT2D eigenvalue weighted by molar-refractivity contribution is -0.135. The molecule has 1 amide bonds. The molecule has 1 saturated heterocycles. The SMILES string of the molecule is CC1(C)CN(C(=O)CC2(CS(C)(=O)=O)CC2)CCC1N.